The lowest BCUT2D eigenvalue weighted by atomic mass is 10.3. The average molecular weight is 240 g/mol. The second-order valence-corrected chi connectivity index (χ2v) is 3.22. The number of hydrogen-bond acceptors (Lipinski definition) is 1. The minimum Gasteiger partial charge on any atom is -0.508 e. The van der Waals surface area contributed by atoms with Crippen molar-refractivity contribution in [3.8, 4) is 5.75 Å². The molecule has 0 atom stereocenters. The van der Waals surface area contributed by atoms with Crippen LogP contribution in [0.15, 0.2) is 48.5 Å². The van der Waals surface area contributed by atoms with Gasteiger partial charge in [-0.15, -0.1) is 0 Å². The molecule has 0 aliphatic rings. The maximum absolute atomic E-state index is 12.1. The molecule has 0 bridgehead atoms. The van der Waals surface area contributed by atoms with Gasteiger partial charge in [0.15, 0.2) is 11.4 Å². The minimum absolute atomic E-state index is 0.197. The number of rotatable bonds is 0. The van der Waals surface area contributed by atoms with Crippen molar-refractivity contribution in [2.75, 3.05) is 0 Å². The Labute approximate surface area is 104 Å². The van der Waals surface area contributed by atoms with Crippen molar-refractivity contribution in [3.63, 3.8) is 0 Å². The van der Waals surface area contributed by atoms with Crippen molar-refractivity contribution in [3.05, 3.63) is 77.2 Å². The summed E-state index contributed by atoms with van der Waals surface area (Å²) in [6.07, 6.45) is 0. The summed E-state index contributed by atoms with van der Waals surface area (Å²) in [6, 6.07) is 11.6. The van der Waals surface area contributed by atoms with Crippen LogP contribution in [0.25, 0.3) is 9.69 Å². The molecular weight excluding hydrogens is 231 g/mol. The quantitative estimate of drug-likeness (QED) is 0.682. The highest BCUT2D eigenvalue weighted by Gasteiger charge is 1.88. The highest BCUT2D eigenvalue weighted by molar-refractivity contribution is 5.46. The van der Waals surface area contributed by atoms with E-state index >= 15 is 0 Å². The van der Waals surface area contributed by atoms with Crippen LogP contribution >= 0.6 is 0 Å². The zero-order valence-electron chi connectivity index (χ0n) is 9.34. The molecule has 0 spiro atoms. The third-order valence-corrected chi connectivity index (χ3v) is 1.93. The van der Waals surface area contributed by atoms with Crippen molar-refractivity contribution in [1.29, 1.82) is 0 Å². The Morgan fingerprint density at radius 1 is 0.778 bits per heavy atom. The molecule has 4 heteroatoms. The van der Waals surface area contributed by atoms with Crippen LogP contribution in [0.4, 0.5) is 15.8 Å². The van der Waals surface area contributed by atoms with Gasteiger partial charge in [0.05, 0.1) is 13.1 Å². The third kappa shape index (κ3) is 4.34. The molecule has 0 saturated heterocycles. The van der Waals surface area contributed by atoms with Gasteiger partial charge in [0.2, 0.25) is 0 Å². The van der Waals surface area contributed by atoms with E-state index in [0.29, 0.717) is 11.4 Å². The molecule has 0 unspecified atom stereocenters. The fourth-order valence-corrected chi connectivity index (χ4v) is 1.04. The van der Waals surface area contributed by atoms with Crippen molar-refractivity contribution < 1.29 is 9.50 Å². The van der Waals surface area contributed by atoms with E-state index < -0.39 is 0 Å². The minimum atomic E-state index is -0.303. The molecule has 2 rings (SSSR count). The van der Waals surface area contributed by atoms with Crippen LogP contribution < -0.4 is 0 Å². The van der Waals surface area contributed by atoms with Crippen molar-refractivity contribution in [2.24, 2.45) is 0 Å². The lowest BCUT2D eigenvalue weighted by molar-refractivity contribution is 0.475. The predicted octanol–water partition coefficient (Wildman–Crippen LogP) is 4.32. The average Bonchev–Trinajstić information content (AvgIpc) is 2.41. The zero-order valence-corrected chi connectivity index (χ0v) is 9.34. The SMILES string of the molecule is [C-]#[N+]c1ccc(F)cc1.[C-]#[N+]c1ccc(O)cc1. The van der Waals surface area contributed by atoms with E-state index in [9.17, 15) is 4.39 Å². The number of phenols is 1. The van der Waals surface area contributed by atoms with Crippen LogP contribution in [0.3, 0.4) is 0 Å². The number of halogens is 1. The Balaban J connectivity index is 0.000000180. The summed E-state index contributed by atoms with van der Waals surface area (Å²) in [4.78, 5) is 6.25. The van der Waals surface area contributed by atoms with Crippen LogP contribution in [-0.2, 0) is 0 Å². The molecule has 88 valence electrons. The van der Waals surface area contributed by atoms with E-state index in [1.807, 2.05) is 0 Å². The molecule has 0 heterocycles. The summed E-state index contributed by atoms with van der Waals surface area (Å²) < 4.78 is 12.1. The second-order valence-electron chi connectivity index (χ2n) is 3.22. The first-order valence-corrected chi connectivity index (χ1v) is 4.95. The van der Waals surface area contributed by atoms with E-state index in [2.05, 4.69) is 9.69 Å². The van der Waals surface area contributed by atoms with Gasteiger partial charge in [-0.1, -0.05) is 24.3 Å². The summed E-state index contributed by atoms with van der Waals surface area (Å²) in [5.74, 6) is -0.107. The van der Waals surface area contributed by atoms with Gasteiger partial charge < -0.3 is 5.11 Å². The van der Waals surface area contributed by atoms with E-state index in [-0.39, 0.29) is 11.6 Å². The summed E-state index contributed by atoms with van der Waals surface area (Å²) in [6.45, 7) is 13.1. The molecule has 18 heavy (non-hydrogen) atoms. The van der Waals surface area contributed by atoms with Crippen LogP contribution in [-0.4, -0.2) is 5.11 Å². The third-order valence-electron chi connectivity index (χ3n) is 1.93. The van der Waals surface area contributed by atoms with Crippen molar-refractivity contribution in [1.82, 2.24) is 0 Å². The molecule has 0 aliphatic carbocycles. The molecule has 2 aromatic carbocycles. The predicted molar refractivity (Wildman–Crippen MR) is 67.0 cm³/mol. The van der Waals surface area contributed by atoms with Crippen LogP contribution in [0.2, 0.25) is 0 Å². The Morgan fingerprint density at radius 2 is 1.17 bits per heavy atom. The van der Waals surface area contributed by atoms with E-state index in [1.54, 1.807) is 12.1 Å². The number of hydrogen-bond donors (Lipinski definition) is 1. The van der Waals surface area contributed by atoms with Crippen LogP contribution in [0.1, 0.15) is 0 Å². The lowest BCUT2D eigenvalue weighted by Crippen LogP contribution is -1.66. The highest BCUT2D eigenvalue weighted by atomic mass is 19.1. The number of phenolic OH excluding ortho intramolecular Hbond substituents is 1. The van der Waals surface area contributed by atoms with E-state index in [0.717, 1.165) is 0 Å². The molecule has 1 N–H and O–H groups in total. The smallest absolute Gasteiger partial charge is 0.187 e. The molecule has 0 aliphatic heterocycles. The molecule has 2 aromatic rings. The standard InChI is InChI=1S/C7H4FN.C7H5NO/c1-9-7-4-2-6(8)3-5-7;1-8-6-2-4-7(9)5-3-6/h2-5H;2-5,9H. The molecule has 0 fully saturated rings. The first-order valence-electron chi connectivity index (χ1n) is 4.95. The summed E-state index contributed by atoms with van der Waals surface area (Å²) in [7, 11) is 0. The Bertz CT molecular complexity index is 522. The largest absolute Gasteiger partial charge is 0.508 e. The van der Waals surface area contributed by atoms with Gasteiger partial charge in [0, 0.05) is 0 Å². The number of nitrogens with zero attached hydrogens (tertiary/aromatic N) is 2. The van der Waals surface area contributed by atoms with E-state index in [4.69, 9.17) is 18.3 Å². The first kappa shape index (κ1) is 13.2. The van der Waals surface area contributed by atoms with Gasteiger partial charge in [-0.05, 0) is 24.3 Å². The van der Waals surface area contributed by atoms with Crippen LogP contribution in [0, 0.1) is 19.0 Å². The molecule has 0 saturated carbocycles. The maximum atomic E-state index is 12.1. The van der Waals surface area contributed by atoms with Crippen LogP contribution in [0.5, 0.6) is 5.75 Å². The highest BCUT2D eigenvalue weighted by Crippen LogP contribution is 2.15. The number of benzene rings is 2. The normalized spacial score (nSPS) is 8.39. The lowest BCUT2D eigenvalue weighted by Gasteiger charge is -1.87. The van der Waals surface area contributed by atoms with E-state index in [1.165, 1.54) is 36.4 Å². The Morgan fingerprint density at radius 3 is 1.56 bits per heavy atom. The van der Waals surface area contributed by atoms with Crippen molar-refractivity contribution >= 4 is 11.4 Å². The topological polar surface area (TPSA) is 29.0 Å². The maximum Gasteiger partial charge on any atom is 0.187 e. The second kappa shape index (κ2) is 6.67. The summed E-state index contributed by atoms with van der Waals surface area (Å²) in [5.41, 5.74) is 1.02. The van der Waals surface area contributed by atoms with Gasteiger partial charge >= 0.3 is 0 Å². The zero-order chi connectivity index (χ0) is 13.4. The molecule has 0 radical (unpaired) electrons. The van der Waals surface area contributed by atoms with Gasteiger partial charge in [-0.2, -0.15) is 0 Å². The first-order chi connectivity index (χ1) is 8.65. The summed E-state index contributed by atoms with van der Waals surface area (Å²) in [5, 5.41) is 8.75. The van der Waals surface area contributed by atoms with Gasteiger partial charge in [0.1, 0.15) is 11.6 Å². The van der Waals surface area contributed by atoms with Gasteiger partial charge in [-0.25, -0.2) is 14.1 Å². The summed E-state index contributed by atoms with van der Waals surface area (Å²) >= 11 is 0. The Hall–Kier alpha value is -2.85. The fourth-order valence-electron chi connectivity index (χ4n) is 1.04. The van der Waals surface area contributed by atoms with Crippen molar-refractivity contribution in [2.45, 2.75) is 0 Å². The molecule has 0 amide bonds. The molecular formula is C14H9FN2O. The fraction of sp³-hybridized carbons (Fsp3) is 0. The Kier molecular flexibility index (Phi) is 4.90. The number of aromatic hydroxyl groups is 1. The molecule has 0 aromatic heterocycles. The molecule has 3 nitrogen and oxygen atoms in total. The van der Waals surface area contributed by atoms with Gasteiger partial charge in [-0.3, -0.25) is 0 Å². The van der Waals surface area contributed by atoms with Gasteiger partial charge in [0.25, 0.3) is 0 Å². The monoisotopic (exact) mass is 240 g/mol.